The summed E-state index contributed by atoms with van der Waals surface area (Å²) in [6.45, 7) is 4.18. The number of rotatable bonds is 3. The molecular formula is C11H15NO. The van der Waals surface area contributed by atoms with E-state index in [-0.39, 0.29) is 0 Å². The summed E-state index contributed by atoms with van der Waals surface area (Å²) in [5.41, 5.74) is 3.48. The van der Waals surface area contributed by atoms with E-state index in [0.717, 1.165) is 12.1 Å². The summed E-state index contributed by atoms with van der Waals surface area (Å²) in [5, 5.41) is 0. The standard InChI is InChI=1S/C11H15NO/c1-4-10-7-5-6-9(2)11(10)12-8-13-3/h5-8H,4H2,1-3H3. The number of aryl methyl sites for hydroxylation is 2. The molecule has 1 aromatic carbocycles. The predicted molar refractivity (Wildman–Crippen MR) is 55.7 cm³/mol. The smallest absolute Gasteiger partial charge is 0.174 e. The van der Waals surface area contributed by atoms with Gasteiger partial charge >= 0.3 is 0 Å². The van der Waals surface area contributed by atoms with Crippen molar-refractivity contribution in [2.45, 2.75) is 20.3 Å². The number of hydrogen-bond donors (Lipinski definition) is 0. The third-order valence-corrected chi connectivity index (χ3v) is 1.99. The highest BCUT2D eigenvalue weighted by Crippen LogP contribution is 2.23. The van der Waals surface area contributed by atoms with Crippen LogP contribution in [0.4, 0.5) is 5.69 Å². The van der Waals surface area contributed by atoms with Gasteiger partial charge in [0.25, 0.3) is 0 Å². The summed E-state index contributed by atoms with van der Waals surface area (Å²) in [4.78, 5) is 4.25. The van der Waals surface area contributed by atoms with Crippen molar-refractivity contribution in [3.63, 3.8) is 0 Å². The Hall–Kier alpha value is -1.31. The fourth-order valence-electron chi connectivity index (χ4n) is 1.30. The number of aliphatic imine (C=N–C) groups is 1. The first-order valence-electron chi connectivity index (χ1n) is 4.43. The van der Waals surface area contributed by atoms with Crippen LogP contribution < -0.4 is 0 Å². The first kappa shape index (κ1) is 9.78. The second-order valence-electron chi connectivity index (χ2n) is 2.91. The fourth-order valence-corrected chi connectivity index (χ4v) is 1.30. The van der Waals surface area contributed by atoms with Crippen molar-refractivity contribution < 1.29 is 4.74 Å². The van der Waals surface area contributed by atoms with Crippen LogP contribution in [0.5, 0.6) is 0 Å². The van der Waals surface area contributed by atoms with Crippen LogP contribution in [-0.4, -0.2) is 13.5 Å². The Morgan fingerprint density at radius 1 is 1.46 bits per heavy atom. The summed E-state index contributed by atoms with van der Waals surface area (Å²) in [7, 11) is 1.60. The van der Waals surface area contributed by atoms with Gasteiger partial charge in [0.15, 0.2) is 6.40 Å². The van der Waals surface area contributed by atoms with Crippen LogP contribution in [0.25, 0.3) is 0 Å². The lowest BCUT2D eigenvalue weighted by Crippen LogP contribution is -1.86. The van der Waals surface area contributed by atoms with E-state index in [4.69, 9.17) is 4.74 Å². The highest BCUT2D eigenvalue weighted by molar-refractivity contribution is 5.61. The maximum atomic E-state index is 4.81. The Labute approximate surface area is 79.3 Å². The van der Waals surface area contributed by atoms with Crippen LogP contribution in [0.3, 0.4) is 0 Å². The molecule has 0 fully saturated rings. The molecule has 2 nitrogen and oxygen atoms in total. The summed E-state index contributed by atoms with van der Waals surface area (Å²) < 4.78 is 4.81. The molecule has 13 heavy (non-hydrogen) atoms. The van der Waals surface area contributed by atoms with Gasteiger partial charge < -0.3 is 4.74 Å². The molecule has 0 aliphatic rings. The molecule has 0 spiro atoms. The molecule has 0 aromatic heterocycles. The summed E-state index contributed by atoms with van der Waals surface area (Å²) in [5.74, 6) is 0. The molecule has 0 aliphatic heterocycles. The average Bonchev–Trinajstić information content (AvgIpc) is 2.15. The van der Waals surface area contributed by atoms with Gasteiger partial charge in [0.05, 0.1) is 12.8 Å². The molecule has 2 heteroatoms. The number of hydrogen-bond acceptors (Lipinski definition) is 2. The Bertz CT molecular complexity index is 305. The molecule has 0 aliphatic carbocycles. The Kier molecular flexibility index (Phi) is 3.50. The molecule has 70 valence electrons. The van der Waals surface area contributed by atoms with Crippen molar-refractivity contribution in [1.29, 1.82) is 0 Å². The minimum atomic E-state index is 0.998. The van der Waals surface area contributed by atoms with E-state index >= 15 is 0 Å². The molecule has 1 aromatic rings. The molecule has 0 bridgehead atoms. The average molecular weight is 177 g/mol. The zero-order valence-corrected chi connectivity index (χ0v) is 8.37. The lowest BCUT2D eigenvalue weighted by Gasteiger charge is -2.05. The molecule has 0 heterocycles. The summed E-state index contributed by atoms with van der Waals surface area (Å²) in [6.07, 6.45) is 2.47. The van der Waals surface area contributed by atoms with Crippen LogP contribution >= 0.6 is 0 Å². The zero-order chi connectivity index (χ0) is 9.68. The highest BCUT2D eigenvalue weighted by Gasteiger charge is 2.00. The van der Waals surface area contributed by atoms with Gasteiger partial charge in [-0.25, -0.2) is 4.99 Å². The van der Waals surface area contributed by atoms with E-state index in [0.29, 0.717) is 0 Å². The summed E-state index contributed by atoms with van der Waals surface area (Å²) >= 11 is 0. The third-order valence-electron chi connectivity index (χ3n) is 1.99. The van der Waals surface area contributed by atoms with Gasteiger partial charge in [0.1, 0.15) is 0 Å². The van der Waals surface area contributed by atoms with E-state index in [1.54, 1.807) is 7.11 Å². The van der Waals surface area contributed by atoms with Gasteiger partial charge in [0.2, 0.25) is 0 Å². The normalized spacial score (nSPS) is 10.7. The molecule has 0 N–H and O–H groups in total. The molecule has 1 rings (SSSR count). The first-order chi connectivity index (χ1) is 6.29. The van der Waals surface area contributed by atoms with Gasteiger partial charge in [-0.15, -0.1) is 0 Å². The molecule has 0 saturated carbocycles. The van der Waals surface area contributed by atoms with Crippen molar-refractivity contribution >= 4 is 12.1 Å². The number of nitrogens with zero attached hydrogens (tertiary/aromatic N) is 1. The van der Waals surface area contributed by atoms with E-state index in [2.05, 4.69) is 37.0 Å². The van der Waals surface area contributed by atoms with Gasteiger partial charge in [0, 0.05) is 0 Å². The van der Waals surface area contributed by atoms with Crippen molar-refractivity contribution in [1.82, 2.24) is 0 Å². The van der Waals surface area contributed by atoms with Crippen molar-refractivity contribution in [2.75, 3.05) is 7.11 Å². The van der Waals surface area contributed by atoms with Gasteiger partial charge in [-0.2, -0.15) is 0 Å². The van der Waals surface area contributed by atoms with Gasteiger partial charge in [-0.1, -0.05) is 25.1 Å². The maximum Gasteiger partial charge on any atom is 0.174 e. The van der Waals surface area contributed by atoms with E-state index in [1.807, 2.05) is 0 Å². The van der Waals surface area contributed by atoms with Crippen molar-refractivity contribution in [3.05, 3.63) is 29.3 Å². The van der Waals surface area contributed by atoms with Crippen LogP contribution in [-0.2, 0) is 11.2 Å². The number of ether oxygens (including phenoxy) is 1. The van der Waals surface area contributed by atoms with Crippen molar-refractivity contribution in [2.24, 2.45) is 4.99 Å². The maximum absolute atomic E-state index is 4.81. The second kappa shape index (κ2) is 4.65. The first-order valence-corrected chi connectivity index (χ1v) is 4.43. The van der Waals surface area contributed by atoms with E-state index in [1.165, 1.54) is 17.5 Å². The lowest BCUT2D eigenvalue weighted by molar-refractivity contribution is 0.423. The van der Waals surface area contributed by atoms with Crippen LogP contribution in [0, 0.1) is 6.92 Å². The largest absolute Gasteiger partial charge is 0.486 e. The Morgan fingerprint density at radius 2 is 2.23 bits per heavy atom. The number of benzene rings is 1. The second-order valence-corrected chi connectivity index (χ2v) is 2.91. The highest BCUT2D eigenvalue weighted by atomic mass is 16.5. The van der Waals surface area contributed by atoms with E-state index in [9.17, 15) is 0 Å². The molecular weight excluding hydrogens is 162 g/mol. The Morgan fingerprint density at radius 3 is 2.85 bits per heavy atom. The SMILES string of the molecule is CCc1cccc(C)c1N=COC. The Balaban J connectivity index is 3.07. The van der Waals surface area contributed by atoms with Crippen LogP contribution in [0.1, 0.15) is 18.1 Å². The lowest BCUT2D eigenvalue weighted by atomic mass is 10.1. The molecule has 0 amide bonds. The molecule has 0 unspecified atom stereocenters. The molecule has 0 saturated heterocycles. The van der Waals surface area contributed by atoms with E-state index < -0.39 is 0 Å². The van der Waals surface area contributed by atoms with Gasteiger partial charge in [-0.05, 0) is 24.5 Å². The molecule has 0 atom stereocenters. The van der Waals surface area contributed by atoms with Crippen molar-refractivity contribution in [3.8, 4) is 0 Å². The minimum Gasteiger partial charge on any atom is -0.486 e. The minimum absolute atomic E-state index is 0.998. The third kappa shape index (κ3) is 2.31. The molecule has 0 radical (unpaired) electrons. The van der Waals surface area contributed by atoms with Crippen LogP contribution in [0.2, 0.25) is 0 Å². The monoisotopic (exact) mass is 177 g/mol. The van der Waals surface area contributed by atoms with Crippen LogP contribution in [0.15, 0.2) is 23.2 Å². The predicted octanol–water partition coefficient (Wildman–Crippen LogP) is 2.86. The quantitative estimate of drug-likeness (QED) is 0.514. The van der Waals surface area contributed by atoms with Gasteiger partial charge in [-0.3, -0.25) is 0 Å². The zero-order valence-electron chi connectivity index (χ0n) is 8.37. The number of para-hydroxylation sites is 1. The topological polar surface area (TPSA) is 21.6 Å². The number of methoxy groups -OCH3 is 1. The summed E-state index contributed by atoms with van der Waals surface area (Å²) in [6, 6.07) is 6.21. The fraction of sp³-hybridized carbons (Fsp3) is 0.364.